The molecular weight excluding hydrogens is 618 g/mol. The van der Waals surface area contributed by atoms with Gasteiger partial charge in [0.25, 0.3) is 5.91 Å². The number of ether oxygens (including phenoxy) is 1. The fourth-order valence-electron chi connectivity index (χ4n) is 4.04. The van der Waals surface area contributed by atoms with Gasteiger partial charge < -0.3 is 9.64 Å². The highest BCUT2D eigenvalue weighted by atomic mass is 35.5. The number of carbonyl (C=O) groups is 1. The van der Waals surface area contributed by atoms with Crippen LogP contribution in [0.25, 0.3) is 16.9 Å². The first-order valence-corrected chi connectivity index (χ1v) is 11.8. The van der Waals surface area contributed by atoms with Crippen LogP contribution in [0, 0.1) is 11.3 Å². The Morgan fingerprint density at radius 3 is 2.33 bits per heavy atom. The third-order valence-electron chi connectivity index (χ3n) is 6.20. The van der Waals surface area contributed by atoms with Gasteiger partial charge in [-0.05, 0) is 30.5 Å². The first-order valence-electron chi connectivity index (χ1n) is 11.4. The Morgan fingerprint density at radius 2 is 1.81 bits per heavy atom. The molecule has 2 aromatic heterocycles. The van der Waals surface area contributed by atoms with Crippen molar-refractivity contribution in [2.45, 2.75) is 43.3 Å². The molecule has 1 aliphatic rings. The SMILES string of the molecule is Cn1nc(C(F)(F)C(F)(F)F)c(OC(F)F)c1-n1cc(-c2ccc(Cl)c(C(=O)N(CC(F)(F)F)C3(C#N)CC3)c2)cn1. The van der Waals surface area contributed by atoms with E-state index in [0.29, 0.717) is 14.3 Å². The molecule has 8 nitrogen and oxygen atoms in total. The predicted octanol–water partition coefficient (Wildman–Crippen LogP) is 6.24. The predicted molar refractivity (Wildman–Crippen MR) is 122 cm³/mol. The summed E-state index contributed by atoms with van der Waals surface area (Å²) in [6.07, 6.45) is -9.12. The molecule has 0 spiro atoms. The molecule has 2 heterocycles. The molecule has 1 fully saturated rings. The fourth-order valence-corrected chi connectivity index (χ4v) is 4.24. The zero-order chi connectivity index (χ0) is 31.4. The second-order valence-electron chi connectivity index (χ2n) is 9.09. The van der Waals surface area contributed by atoms with E-state index < -0.39 is 65.7 Å². The van der Waals surface area contributed by atoms with Crippen LogP contribution in [0.2, 0.25) is 5.02 Å². The second-order valence-corrected chi connectivity index (χ2v) is 9.50. The van der Waals surface area contributed by atoms with Gasteiger partial charge in [-0.2, -0.15) is 59.4 Å². The lowest BCUT2D eigenvalue weighted by molar-refractivity contribution is -0.291. The van der Waals surface area contributed by atoms with E-state index in [2.05, 4.69) is 14.9 Å². The number of nitrogens with zero attached hydrogens (tertiary/aromatic N) is 6. The van der Waals surface area contributed by atoms with E-state index in [-0.39, 0.29) is 29.0 Å². The summed E-state index contributed by atoms with van der Waals surface area (Å²) in [5, 5.41) is 15.9. The molecule has 1 aromatic carbocycles. The van der Waals surface area contributed by atoms with Crippen LogP contribution in [0.5, 0.6) is 5.75 Å². The summed E-state index contributed by atoms with van der Waals surface area (Å²) in [5.74, 6) is -9.39. The number of carbonyl (C=O) groups excluding carboxylic acids is 1. The van der Waals surface area contributed by atoms with Crippen molar-refractivity contribution in [2.75, 3.05) is 6.54 Å². The highest BCUT2D eigenvalue weighted by Crippen LogP contribution is 2.48. The molecule has 0 bridgehead atoms. The van der Waals surface area contributed by atoms with Crippen molar-refractivity contribution in [2.24, 2.45) is 7.05 Å². The average molecular weight is 633 g/mol. The molecule has 0 saturated heterocycles. The Balaban J connectivity index is 1.76. The van der Waals surface area contributed by atoms with Crippen LogP contribution >= 0.6 is 11.6 Å². The fraction of sp³-hybridized carbons (Fsp3) is 0.391. The maximum Gasteiger partial charge on any atom is 0.459 e. The summed E-state index contributed by atoms with van der Waals surface area (Å²) in [5.41, 5.74) is -4.24. The molecule has 19 heteroatoms. The van der Waals surface area contributed by atoms with Crippen molar-refractivity contribution in [3.63, 3.8) is 0 Å². The first-order chi connectivity index (χ1) is 19.3. The quantitative estimate of drug-likeness (QED) is 0.274. The molecule has 0 aliphatic heterocycles. The van der Waals surface area contributed by atoms with Gasteiger partial charge in [0.2, 0.25) is 0 Å². The van der Waals surface area contributed by atoms with Gasteiger partial charge in [-0.15, -0.1) is 0 Å². The Hall–Kier alpha value is -4.01. The Morgan fingerprint density at radius 1 is 1.17 bits per heavy atom. The van der Waals surface area contributed by atoms with E-state index in [1.807, 2.05) is 0 Å². The minimum Gasteiger partial charge on any atom is -0.428 e. The molecule has 0 N–H and O–H groups in total. The standard InChI is InChI=1S/C23H15ClF10N6O2/c1-38-17(15(42-19(25)26)16(37-38)22(30,31)23(32,33)34)40-8-12(7-36-40)11-2-3-14(24)13(6-11)18(41)39(10-21(27,28)29)20(9-35)4-5-20/h2-3,6-8,19H,4-5,10H2,1H3. The zero-order valence-corrected chi connectivity index (χ0v) is 21.5. The lowest BCUT2D eigenvalue weighted by Gasteiger charge is -2.28. The van der Waals surface area contributed by atoms with Gasteiger partial charge in [-0.3, -0.25) is 4.79 Å². The minimum absolute atomic E-state index is 0.00149. The van der Waals surface area contributed by atoms with Gasteiger partial charge in [0.05, 0.1) is 22.9 Å². The average Bonchev–Trinajstić information content (AvgIpc) is 3.40. The van der Waals surface area contributed by atoms with Crippen LogP contribution in [0.1, 0.15) is 28.9 Å². The van der Waals surface area contributed by atoms with Crippen LogP contribution in [0.4, 0.5) is 43.9 Å². The lowest BCUT2D eigenvalue weighted by atomic mass is 10.0. The van der Waals surface area contributed by atoms with Crippen LogP contribution < -0.4 is 4.74 Å². The number of aryl methyl sites for hydroxylation is 1. The molecule has 3 aromatic rings. The van der Waals surface area contributed by atoms with E-state index in [1.54, 1.807) is 6.07 Å². The van der Waals surface area contributed by atoms with E-state index in [4.69, 9.17) is 11.6 Å². The number of alkyl halides is 10. The van der Waals surface area contributed by atoms with Gasteiger partial charge in [0.15, 0.2) is 17.3 Å². The third kappa shape index (κ3) is 5.69. The molecule has 1 aliphatic carbocycles. The van der Waals surface area contributed by atoms with Crippen molar-refractivity contribution in [3.05, 3.63) is 46.9 Å². The minimum atomic E-state index is -6.22. The number of amides is 1. The van der Waals surface area contributed by atoms with Crippen molar-refractivity contribution in [1.82, 2.24) is 24.5 Å². The lowest BCUT2D eigenvalue weighted by Crippen LogP contribution is -2.46. The summed E-state index contributed by atoms with van der Waals surface area (Å²) in [7, 11) is 0.863. The van der Waals surface area contributed by atoms with Gasteiger partial charge in [-0.25, -0.2) is 9.36 Å². The Bertz CT molecular complexity index is 1550. The summed E-state index contributed by atoms with van der Waals surface area (Å²) < 4.78 is 138. The highest BCUT2D eigenvalue weighted by Gasteiger charge is 2.63. The molecule has 1 amide bonds. The number of hydrogen-bond donors (Lipinski definition) is 0. The van der Waals surface area contributed by atoms with Gasteiger partial charge >= 0.3 is 24.9 Å². The van der Waals surface area contributed by atoms with Gasteiger partial charge in [0.1, 0.15) is 12.1 Å². The first kappa shape index (κ1) is 30.9. The molecular formula is C23H15ClF10N6O2. The van der Waals surface area contributed by atoms with Crippen LogP contribution in [-0.2, 0) is 13.0 Å². The third-order valence-corrected chi connectivity index (χ3v) is 6.53. The number of aromatic nitrogens is 4. The maximum absolute atomic E-state index is 14.1. The summed E-state index contributed by atoms with van der Waals surface area (Å²) in [6, 6.07) is 5.17. The van der Waals surface area contributed by atoms with Crippen molar-refractivity contribution < 1.29 is 53.4 Å². The van der Waals surface area contributed by atoms with Gasteiger partial charge in [0, 0.05) is 18.8 Å². The number of halogens is 11. The summed E-state index contributed by atoms with van der Waals surface area (Å²) >= 11 is 6.09. The Labute approximate surface area is 233 Å². The van der Waals surface area contributed by atoms with Gasteiger partial charge in [-0.1, -0.05) is 17.7 Å². The molecule has 0 radical (unpaired) electrons. The normalized spacial score (nSPS) is 15.0. The Kier molecular flexibility index (Phi) is 7.63. The van der Waals surface area contributed by atoms with Crippen LogP contribution in [0.15, 0.2) is 30.6 Å². The van der Waals surface area contributed by atoms with E-state index in [1.165, 1.54) is 6.07 Å². The molecule has 42 heavy (non-hydrogen) atoms. The second kappa shape index (κ2) is 10.4. The monoisotopic (exact) mass is 632 g/mol. The number of nitriles is 1. The van der Waals surface area contributed by atoms with Crippen molar-refractivity contribution >= 4 is 17.5 Å². The summed E-state index contributed by atoms with van der Waals surface area (Å²) in [6.45, 7) is -5.57. The molecule has 0 atom stereocenters. The smallest absolute Gasteiger partial charge is 0.428 e. The molecule has 0 unspecified atom stereocenters. The van der Waals surface area contributed by atoms with Crippen LogP contribution in [-0.4, -0.2) is 61.4 Å². The van der Waals surface area contributed by atoms with Crippen molar-refractivity contribution in [1.29, 1.82) is 5.26 Å². The van der Waals surface area contributed by atoms with E-state index in [0.717, 1.165) is 31.6 Å². The maximum atomic E-state index is 14.1. The summed E-state index contributed by atoms with van der Waals surface area (Å²) in [4.78, 5) is 13.5. The molecule has 1 saturated carbocycles. The molecule has 4 rings (SSSR count). The number of benzene rings is 1. The number of hydrogen-bond acceptors (Lipinski definition) is 5. The number of rotatable bonds is 8. The van der Waals surface area contributed by atoms with Crippen molar-refractivity contribution in [3.8, 4) is 28.8 Å². The zero-order valence-electron chi connectivity index (χ0n) is 20.7. The van der Waals surface area contributed by atoms with Crippen LogP contribution in [0.3, 0.4) is 0 Å². The molecule has 226 valence electrons. The topological polar surface area (TPSA) is 89.0 Å². The van der Waals surface area contributed by atoms with E-state index >= 15 is 0 Å². The highest BCUT2D eigenvalue weighted by molar-refractivity contribution is 6.34. The van der Waals surface area contributed by atoms with E-state index in [9.17, 15) is 54.0 Å². The largest absolute Gasteiger partial charge is 0.459 e.